The van der Waals surface area contributed by atoms with Gasteiger partial charge in [0.05, 0.1) is 4.90 Å². The zero-order chi connectivity index (χ0) is 21.9. The summed E-state index contributed by atoms with van der Waals surface area (Å²) >= 11 is 3.37. The molecule has 0 fully saturated rings. The number of nitrogens with zero attached hydrogens (tertiary/aromatic N) is 1. The lowest BCUT2D eigenvalue weighted by molar-refractivity contribution is -0.159. The van der Waals surface area contributed by atoms with Crippen molar-refractivity contribution in [3.8, 4) is 5.75 Å². The number of aromatic hydroxyl groups is 1. The van der Waals surface area contributed by atoms with Gasteiger partial charge in [-0.3, -0.25) is 10.4 Å². The van der Waals surface area contributed by atoms with Crippen molar-refractivity contribution < 1.29 is 37.9 Å². The van der Waals surface area contributed by atoms with Crippen LogP contribution < -0.4 is 5.84 Å². The van der Waals surface area contributed by atoms with Crippen LogP contribution in [0.5, 0.6) is 5.75 Å². The van der Waals surface area contributed by atoms with Crippen LogP contribution >= 0.6 is 15.9 Å². The predicted molar refractivity (Wildman–Crippen MR) is 103 cm³/mol. The molecule has 6 N–H and O–H groups in total. The molecule has 0 saturated heterocycles. The minimum atomic E-state index is -4.00. The van der Waals surface area contributed by atoms with Gasteiger partial charge in [0.15, 0.2) is 0 Å². The lowest BCUT2D eigenvalue weighted by atomic mass is 10.2. The number of carboxylic acids is 2. The minimum Gasteiger partial charge on any atom is -0.508 e. The van der Waals surface area contributed by atoms with Gasteiger partial charge in [-0.2, -0.15) is 8.42 Å². The van der Waals surface area contributed by atoms with Crippen LogP contribution in [0.2, 0.25) is 0 Å². The monoisotopic (exact) mass is 478 g/mol. The second-order valence-electron chi connectivity index (χ2n) is 5.09. The fourth-order valence-corrected chi connectivity index (χ4v) is 2.42. The molecule has 0 atom stereocenters. The maximum absolute atomic E-state index is 10.4. The summed E-state index contributed by atoms with van der Waals surface area (Å²) in [6.07, 6.45) is 0. The highest BCUT2D eigenvalue weighted by Crippen LogP contribution is 2.22. The van der Waals surface area contributed by atoms with Gasteiger partial charge in [-0.05, 0) is 35.9 Å². The van der Waals surface area contributed by atoms with E-state index in [4.69, 9.17) is 30.2 Å². The molecule has 0 aromatic heterocycles. The van der Waals surface area contributed by atoms with Gasteiger partial charge in [0.25, 0.3) is 10.1 Å². The number of phenols is 1. The Bertz CT molecular complexity index is 877. The number of phenolic OH excluding ortho intramolecular Hbond substituents is 1. The molecule has 2 rings (SSSR count). The number of benzene rings is 2. The number of hydrogen-bond acceptors (Lipinski definition) is 7. The normalized spacial score (nSPS) is 10.2. The molecular formula is C16H19BrN2O8S. The summed E-state index contributed by atoms with van der Waals surface area (Å²) in [5, 5.41) is 25.5. The van der Waals surface area contributed by atoms with Crippen molar-refractivity contribution in [3.05, 3.63) is 58.6 Å². The van der Waals surface area contributed by atoms with E-state index in [1.54, 1.807) is 48.5 Å². The molecule has 0 aliphatic rings. The first-order valence-corrected chi connectivity index (χ1v) is 9.50. The van der Waals surface area contributed by atoms with E-state index in [-0.39, 0.29) is 10.6 Å². The SMILES string of the molecule is CN(N)Cc1cc(O)ccc1Br.O=C(O)C(=O)O.O=S(=O)(O)c1ccccc1. The van der Waals surface area contributed by atoms with Gasteiger partial charge in [-0.15, -0.1) is 0 Å². The Morgan fingerprint density at radius 2 is 1.57 bits per heavy atom. The van der Waals surface area contributed by atoms with Gasteiger partial charge < -0.3 is 15.3 Å². The molecule has 2 aromatic rings. The third-order valence-electron chi connectivity index (χ3n) is 2.67. The van der Waals surface area contributed by atoms with Crippen LogP contribution in [-0.4, -0.2) is 52.3 Å². The quantitative estimate of drug-likeness (QED) is 0.188. The third-order valence-corrected chi connectivity index (χ3v) is 4.31. The first-order valence-electron chi connectivity index (χ1n) is 7.26. The van der Waals surface area contributed by atoms with Gasteiger partial charge in [0.1, 0.15) is 5.75 Å². The summed E-state index contributed by atoms with van der Waals surface area (Å²) in [6.45, 7) is 0.606. The van der Waals surface area contributed by atoms with E-state index in [2.05, 4.69) is 15.9 Å². The van der Waals surface area contributed by atoms with Crippen molar-refractivity contribution in [3.63, 3.8) is 0 Å². The zero-order valence-electron chi connectivity index (χ0n) is 14.6. The smallest absolute Gasteiger partial charge is 0.414 e. The number of carbonyl (C=O) groups is 2. The average molecular weight is 479 g/mol. The molecule has 0 unspecified atom stereocenters. The fourth-order valence-electron chi connectivity index (χ4n) is 1.54. The van der Waals surface area contributed by atoms with E-state index in [1.807, 2.05) is 0 Å². The second-order valence-corrected chi connectivity index (χ2v) is 7.37. The second kappa shape index (κ2) is 12.0. The van der Waals surface area contributed by atoms with E-state index < -0.39 is 22.1 Å². The molecule has 12 heteroatoms. The number of halogens is 1. The van der Waals surface area contributed by atoms with Gasteiger partial charge in [0.2, 0.25) is 0 Å². The van der Waals surface area contributed by atoms with Crippen LogP contribution in [0, 0.1) is 0 Å². The number of nitrogens with two attached hydrogens (primary N) is 1. The lowest BCUT2D eigenvalue weighted by Crippen LogP contribution is -2.25. The summed E-state index contributed by atoms with van der Waals surface area (Å²) in [4.78, 5) is 18.1. The molecule has 0 aliphatic heterocycles. The van der Waals surface area contributed by atoms with Gasteiger partial charge in [-0.25, -0.2) is 14.6 Å². The molecule has 0 bridgehead atoms. The molecule has 10 nitrogen and oxygen atoms in total. The molecule has 154 valence electrons. The van der Waals surface area contributed by atoms with Crippen LogP contribution in [0.25, 0.3) is 0 Å². The Kier molecular flexibility index (Phi) is 11.0. The maximum atomic E-state index is 10.4. The lowest BCUT2D eigenvalue weighted by Gasteiger charge is -2.10. The third kappa shape index (κ3) is 11.3. The van der Waals surface area contributed by atoms with Gasteiger partial charge in [-0.1, -0.05) is 34.1 Å². The van der Waals surface area contributed by atoms with Crippen LogP contribution in [-0.2, 0) is 26.3 Å². The van der Waals surface area contributed by atoms with Crippen molar-refractivity contribution >= 4 is 38.0 Å². The Hall–Kier alpha value is -2.51. The Balaban J connectivity index is 0.000000414. The number of aliphatic carboxylic acids is 2. The molecule has 0 radical (unpaired) electrons. The summed E-state index contributed by atoms with van der Waals surface area (Å²) in [7, 11) is -2.23. The standard InChI is InChI=1S/C8H11BrN2O.C6H6O3S.C2H2O4/c1-11(10)5-6-4-7(12)2-3-8(6)9;7-10(8,9)6-4-2-1-3-5-6;3-1(4)2(5)6/h2-4,12H,5,10H2,1H3;1-5H,(H,7,8,9);(H,3,4)(H,5,6). The molecule has 0 saturated carbocycles. The first kappa shape index (κ1) is 25.5. The minimum absolute atomic E-state index is 0.0741. The van der Waals surface area contributed by atoms with Gasteiger partial charge >= 0.3 is 11.9 Å². The van der Waals surface area contributed by atoms with Crippen LogP contribution in [0.3, 0.4) is 0 Å². The van der Waals surface area contributed by atoms with E-state index >= 15 is 0 Å². The van der Waals surface area contributed by atoms with Crippen molar-refractivity contribution in [2.75, 3.05) is 7.05 Å². The number of carboxylic acid groups (broad SMARTS) is 2. The van der Waals surface area contributed by atoms with Crippen molar-refractivity contribution in [2.45, 2.75) is 11.4 Å². The summed E-state index contributed by atoms with van der Waals surface area (Å²) < 4.78 is 30.2. The summed E-state index contributed by atoms with van der Waals surface area (Å²) in [5.41, 5.74) is 0.972. The number of hydrazine groups is 1. The van der Waals surface area contributed by atoms with E-state index in [1.165, 1.54) is 12.1 Å². The Morgan fingerprint density at radius 3 is 1.93 bits per heavy atom. The highest BCUT2D eigenvalue weighted by Gasteiger charge is 2.06. The maximum Gasteiger partial charge on any atom is 0.414 e. The highest BCUT2D eigenvalue weighted by molar-refractivity contribution is 9.10. The van der Waals surface area contributed by atoms with E-state index in [9.17, 15) is 13.5 Å². The molecule has 0 heterocycles. The molecular weight excluding hydrogens is 460 g/mol. The molecule has 2 aromatic carbocycles. The largest absolute Gasteiger partial charge is 0.508 e. The van der Waals surface area contributed by atoms with Crippen LogP contribution in [0.15, 0.2) is 57.9 Å². The first-order chi connectivity index (χ1) is 12.8. The Labute approximate surface area is 169 Å². The Morgan fingerprint density at radius 1 is 1.07 bits per heavy atom. The van der Waals surface area contributed by atoms with Crippen molar-refractivity contribution in [1.82, 2.24) is 5.01 Å². The van der Waals surface area contributed by atoms with E-state index in [0.29, 0.717) is 6.54 Å². The summed E-state index contributed by atoms with van der Waals surface area (Å²) in [6, 6.07) is 12.5. The molecule has 0 spiro atoms. The van der Waals surface area contributed by atoms with Crippen LogP contribution in [0.1, 0.15) is 5.56 Å². The zero-order valence-corrected chi connectivity index (χ0v) is 17.0. The van der Waals surface area contributed by atoms with Gasteiger partial charge in [0, 0.05) is 18.1 Å². The van der Waals surface area contributed by atoms with E-state index in [0.717, 1.165) is 10.0 Å². The topological polar surface area (TPSA) is 178 Å². The average Bonchev–Trinajstić information content (AvgIpc) is 2.59. The molecule has 28 heavy (non-hydrogen) atoms. The number of hydrogen-bond donors (Lipinski definition) is 5. The predicted octanol–water partition coefficient (Wildman–Crippen LogP) is 1.55. The fraction of sp³-hybridized carbons (Fsp3) is 0.125. The van der Waals surface area contributed by atoms with Crippen molar-refractivity contribution in [2.24, 2.45) is 5.84 Å². The van der Waals surface area contributed by atoms with Crippen LogP contribution in [0.4, 0.5) is 0 Å². The molecule has 0 amide bonds. The number of rotatable bonds is 3. The highest BCUT2D eigenvalue weighted by atomic mass is 79.9. The molecule has 0 aliphatic carbocycles. The summed E-state index contributed by atoms with van der Waals surface area (Å²) in [5.74, 6) is 2.09. The van der Waals surface area contributed by atoms with Crippen molar-refractivity contribution in [1.29, 1.82) is 0 Å².